The van der Waals surface area contributed by atoms with Gasteiger partial charge in [-0.2, -0.15) is 0 Å². The van der Waals surface area contributed by atoms with Crippen LogP contribution in [0.25, 0.3) is 0 Å². The first kappa shape index (κ1) is 18.8. The lowest BCUT2D eigenvalue weighted by molar-refractivity contribution is -0.384. The van der Waals surface area contributed by atoms with Gasteiger partial charge in [0.05, 0.1) is 4.92 Å². The van der Waals surface area contributed by atoms with Crippen LogP contribution < -0.4 is 15.5 Å². The van der Waals surface area contributed by atoms with Gasteiger partial charge in [-0.1, -0.05) is 18.2 Å². The van der Waals surface area contributed by atoms with E-state index in [1.54, 1.807) is 12.1 Å². The molecule has 0 saturated carbocycles. The van der Waals surface area contributed by atoms with Crippen molar-refractivity contribution in [3.63, 3.8) is 0 Å². The molecule has 0 radical (unpaired) electrons. The highest BCUT2D eigenvalue weighted by Gasteiger charge is 2.24. The third-order valence-electron chi connectivity index (χ3n) is 4.50. The fraction of sp³-hybridized carbons (Fsp3) is 0.263. The predicted octanol–water partition coefficient (Wildman–Crippen LogP) is 3.63. The Kier molecular flexibility index (Phi) is 5.66. The van der Waals surface area contributed by atoms with Gasteiger partial charge in [-0.05, 0) is 55.7 Å². The maximum Gasteiger partial charge on any atom is 0.293 e. The van der Waals surface area contributed by atoms with Crippen molar-refractivity contribution in [1.29, 1.82) is 0 Å². The Labute approximate surface area is 162 Å². The third-order valence-corrected chi connectivity index (χ3v) is 4.71. The lowest BCUT2D eigenvalue weighted by atomic mass is 10.1. The number of nitrogens with one attached hydrogen (secondary N) is 2. The van der Waals surface area contributed by atoms with Gasteiger partial charge in [0, 0.05) is 30.4 Å². The molecule has 7 nitrogen and oxygen atoms in total. The van der Waals surface area contributed by atoms with Gasteiger partial charge in [0.2, 0.25) is 0 Å². The highest BCUT2D eigenvalue weighted by Crippen LogP contribution is 2.31. The Balaban J connectivity index is 1.74. The summed E-state index contributed by atoms with van der Waals surface area (Å²) in [6.07, 6.45) is 2.02. The lowest BCUT2D eigenvalue weighted by Gasteiger charge is -2.18. The second-order valence-corrected chi connectivity index (χ2v) is 6.79. The molecular formula is C19H20N4O3S. The summed E-state index contributed by atoms with van der Waals surface area (Å²) in [5, 5.41) is 17.1. The molecule has 1 saturated heterocycles. The predicted molar refractivity (Wildman–Crippen MR) is 109 cm³/mol. The Morgan fingerprint density at radius 2 is 1.89 bits per heavy atom. The number of hydrogen-bond donors (Lipinski definition) is 2. The number of rotatable bonds is 4. The van der Waals surface area contributed by atoms with E-state index in [2.05, 4.69) is 10.6 Å². The maximum absolute atomic E-state index is 12.5. The number of nitro benzene ring substituents is 1. The zero-order chi connectivity index (χ0) is 19.4. The molecule has 1 amide bonds. The normalized spacial score (nSPS) is 13.3. The summed E-state index contributed by atoms with van der Waals surface area (Å²) in [5.41, 5.74) is 2.45. The van der Waals surface area contributed by atoms with Crippen molar-refractivity contribution in [2.45, 2.75) is 19.8 Å². The molecule has 1 fully saturated rings. The molecule has 2 aromatic carbocycles. The molecule has 0 aliphatic carbocycles. The largest absolute Gasteiger partial charge is 0.366 e. The summed E-state index contributed by atoms with van der Waals surface area (Å²) in [4.78, 5) is 25.5. The molecular weight excluding hydrogens is 364 g/mol. The van der Waals surface area contributed by atoms with E-state index in [4.69, 9.17) is 12.2 Å². The number of carbonyl (C=O) groups excluding carboxylic acids is 1. The molecule has 8 heteroatoms. The van der Waals surface area contributed by atoms with Crippen molar-refractivity contribution in [1.82, 2.24) is 5.32 Å². The van der Waals surface area contributed by atoms with E-state index in [9.17, 15) is 14.9 Å². The van der Waals surface area contributed by atoms with Crippen molar-refractivity contribution < 1.29 is 9.72 Å². The van der Waals surface area contributed by atoms with E-state index in [1.807, 2.05) is 36.1 Å². The van der Waals surface area contributed by atoms with Crippen molar-refractivity contribution >= 4 is 40.3 Å². The second kappa shape index (κ2) is 8.13. The average Bonchev–Trinajstić information content (AvgIpc) is 3.17. The van der Waals surface area contributed by atoms with Crippen molar-refractivity contribution in [2.75, 3.05) is 23.3 Å². The van der Waals surface area contributed by atoms with Gasteiger partial charge in [-0.25, -0.2) is 0 Å². The number of anilines is 2. The van der Waals surface area contributed by atoms with E-state index >= 15 is 0 Å². The van der Waals surface area contributed by atoms with E-state index in [-0.39, 0.29) is 16.4 Å². The number of amides is 1. The van der Waals surface area contributed by atoms with Crippen molar-refractivity contribution in [3.05, 3.63) is 63.7 Å². The molecule has 0 bridgehead atoms. The van der Waals surface area contributed by atoms with Crippen LogP contribution in [0.15, 0.2) is 42.5 Å². The van der Waals surface area contributed by atoms with Crippen LogP contribution in [0, 0.1) is 17.0 Å². The van der Waals surface area contributed by atoms with E-state index in [0.717, 1.165) is 37.2 Å². The molecule has 1 heterocycles. The summed E-state index contributed by atoms with van der Waals surface area (Å²) >= 11 is 5.18. The second-order valence-electron chi connectivity index (χ2n) is 6.38. The number of nitro groups is 1. The molecule has 1 aliphatic heterocycles. The number of carbonyl (C=O) groups is 1. The topological polar surface area (TPSA) is 87.5 Å². The Morgan fingerprint density at radius 3 is 2.56 bits per heavy atom. The summed E-state index contributed by atoms with van der Waals surface area (Å²) in [7, 11) is 0. The molecule has 2 aromatic rings. The number of hydrogen-bond acceptors (Lipinski definition) is 5. The summed E-state index contributed by atoms with van der Waals surface area (Å²) in [5.74, 6) is -0.489. The quantitative estimate of drug-likeness (QED) is 0.475. The Hall–Kier alpha value is -3.00. The smallest absolute Gasteiger partial charge is 0.293 e. The van der Waals surface area contributed by atoms with Gasteiger partial charge >= 0.3 is 0 Å². The fourth-order valence-electron chi connectivity index (χ4n) is 3.08. The molecule has 2 N–H and O–H groups in total. The van der Waals surface area contributed by atoms with Crippen molar-refractivity contribution in [3.8, 4) is 0 Å². The molecule has 3 rings (SSSR count). The van der Waals surface area contributed by atoms with Gasteiger partial charge < -0.3 is 10.2 Å². The summed E-state index contributed by atoms with van der Waals surface area (Å²) < 4.78 is 0. The van der Waals surface area contributed by atoms with Crippen LogP contribution in [-0.2, 0) is 0 Å². The third kappa shape index (κ3) is 4.40. The molecule has 0 unspecified atom stereocenters. The minimum Gasteiger partial charge on any atom is -0.366 e. The molecule has 0 spiro atoms. The van der Waals surface area contributed by atoms with Crippen LogP contribution in [0.5, 0.6) is 0 Å². The standard InChI is InChI=1S/C19H20N4O3S/c1-13-6-2-3-7-15(13)20-19(27)21-18(24)14-8-9-16(17(12-14)23(25)26)22-10-4-5-11-22/h2-3,6-9,12H,4-5,10-11H2,1H3,(H2,20,21,24,27). The summed E-state index contributed by atoms with van der Waals surface area (Å²) in [6, 6.07) is 12.1. The van der Waals surface area contributed by atoms with Crippen LogP contribution >= 0.6 is 12.2 Å². The van der Waals surface area contributed by atoms with Gasteiger partial charge in [0.25, 0.3) is 11.6 Å². The molecule has 27 heavy (non-hydrogen) atoms. The van der Waals surface area contributed by atoms with Crippen LogP contribution in [-0.4, -0.2) is 29.0 Å². The summed E-state index contributed by atoms with van der Waals surface area (Å²) in [6.45, 7) is 3.50. The van der Waals surface area contributed by atoms with Crippen LogP contribution in [0.1, 0.15) is 28.8 Å². The SMILES string of the molecule is Cc1ccccc1NC(=S)NC(=O)c1ccc(N2CCCC2)c([N+](=O)[O-])c1. The van der Waals surface area contributed by atoms with Crippen molar-refractivity contribution in [2.24, 2.45) is 0 Å². The molecule has 0 atom stereocenters. The van der Waals surface area contributed by atoms with Gasteiger partial charge in [0.1, 0.15) is 5.69 Å². The fourth-order valence-corrected chi connectivity index (χ4v) is 3.28. The first-order chi connectivity index (χ1) is 13.0. The zero-order valence-electron chi connectivity index (χ0n) is 14.9. The minimum absolute atomic E-state index is 0.0673. The number of para-hydroxylation sites is 1. The molecule has 140 valence electrons. The van der Waals surface area contributed by atoms with E-state index in [1.165, 1.54) is 6.07 Å². The maximum atomic E-state index is 12.5. The van der Waals surface area contributed by atoms with Crippen LogP contribution in [0.4, 0.5) is 17.1 Å². The number of benzene rings is 2. The van der Waals surface area contributed by atoms with Crippen LogP contribution in [0.3, 0.4) is 0 Å². The Morgan fingerprint density at radius 1 is 1.19 bits per heavy atom. The average molecular weight is 384 g/mol. The first-order valence-electron chi connectivity index (χ1n) is 8.67. The minimum atomic E-state index is -0.489. The van der Waals surface area contributed by atoms with Gasteiger partial charge in [0.15, 0.2) is 5.11 Å². The lowest BCUT2D eigenvalue weighted by Crippen LogP contribution is -2.34. The highest BCUT2D eigenvalue weighted by molar-refractivity contribution is 7.80. The number of aryl methyl sites for hydroxylation is 1. The molecule has 1 aliphatic rings. The first-order valence-corrected chi connectivity index (χ1v) is 9.08. The molecule has 0 aromatic heterocycles. The van der Waals surface area contributed by atoms with E-state index in [0.29, 0.717) is 5.69 Å². The van der Waals surface area contributed by atoms with Gasteiger partial charge in [-0.15, -0.1) is 0 Å². The Bertz CT molecular complexity index is 894. The van der Waals surface area contributed by atoms with E-state index < -0.39 is 10.8 Å². The zero-order valence-corrected chi connectivity index (χ0v) is 15.7. The van der Waals surface area contributed by atoms with Crippen LogP contribution in [0.2, 0.25) is 0 Å². The number of nitrogens with zero attached hydrogens (tertiary/aromatic N) is 2. The van der Waals surface area contributed by atoms with Gasteiger partial charge in [-0.3, -0.25) is 20.2 Å². The number of thiocarbonyl (C=S) groups is 1. The highest BCUT2D eigenvalue weighted by atomic mass is 32.1. The monoisotopic (exact) mass is 384 g/mol.